The third-order valence-corrected chi connectivity index (χ3v) is 5.11. The van der Waals surface area contributed by atoms with Crippen LogP contribution in [0.15, 0.2) is 85.0 Å². The van der Waals surface area contributed by atoms with Crippen LogP contribution in [0.4, 0.5) is 0 Å². The number of hydrogen-bond acceptors (Lipinski definition) is 5. The molecule has 2 aromatic carbocycles. The molecule has 0 unspecified atom stereocenters. The molecule has 0 fully saturated rings. The Labute approximate surface area is 173 Å². The molecule has 0 N–H and O–H groups in total. The maximum Gasteiger partial charge on any atom is 0.335 e. The highest BCUT2D eigenvalue weighted by Crippen LogP contribution is 2.35. The zero-order valence-corrected chi connectivity index (χ0v) is 16.9. The molecule has 5 heteroatoms. The Balaban J connectivity index is 1.70. The Morgan fingerprint density at radius 1 is 0.655 bits per heavy atom. The van der Waals surface area contributed by atoms with Gasteiger partial charge in [0.25, 0.3) is 0 Å². The average molecular weight is 404 g/mol. The number of carbonyl (C=O) groups excluding carboxylic acids is 2. The molecule has 1 heterocycles. The highest BCUT2D eigenvalue weighted by Gasteiger charge is 2.07. The Morgan fingerprint density at radius 3 is 1.38 bits per heavy atom. The first-order valence-electron chi connectivity index (χ1n) is 9.09. The van der Waals surface area contributed by atoms with E-state index in [9.17, 15) is 9.59 Å². The van der Waals surface area contributed by atoms with Crippen LogP contribution in [0.25, 0.3) is 20.9 Å². The van der Waals surface area contributed by atoms with Crippen molar-refractivity contribution in [3.05, 3.63) is 85.0 Å². The van der Waals surface area contributed by atoms with Crippen LogP contribution >= 0.6 is 11.3 Å². The molecule has 0 bridgehead atoms. The molecule has 29 heavy (non-hydrogen) atoms. The molecule has 0 aliphatic carbocycles. The van der Waals surface area contributed by atoms with Gasteiger partial charge in [0.15, 0.2) is 0 Å². The fourth-order valence-electron chi connectivity index (χ4n) is 2.60. The van der Waals surface area contributed by atoms with E-state index in [0.717, 1.165) is 20.9 Å². The summed E-state index contributed by atoms with van der Waals surface area (Å²) in [5.41, 5.74) is 2.09. The zero-order valence-electron chi connectivity index (χ0n) is 16.1. The second-order valence-electron chi connectivity index (χ2n) is 6.05. The minimum Gasteiger partial charge on any atom is -0.423 e. The van der Waals surface area contributed by atoms with E-state index in [1.165, 1.54) is 12.2 Å². The van der Waals surface area contributed by atoms with Crippen LogP contribution in [-0.2, 0) is 9.59 Å². The number of carbonyl (C=O) groups is 2. The predicted octanol–water partition coefficient (Wildman–Crippen LogP) is 6.05. The van der Waals surface area contributed by atoms with Crippen molar-refractivity contribution in [1.29, 1.82) is 0 Å². The lowest BCUT2D eigenvalue weighted by Gasteiger charge is -2.03. The van der Waals surface area contributed by atoms with Crippen molar-refractivity contribution in [1.82, 2.24) is 0 Å². The second kappa shape index (κ2) is 9.66. The molecule has 0 aliphatic heterocycles. The van der Waals surface area contributed by atoms with Gasteiger partial charge in [0.1, 0.15) is 11.5 Å². The Kier molecular flexibility index (Phi) is 6.76. The van der Waals surface area contributed by atoms with Gasteiger partial charge < -0.3 is 9.47 Å². The normalized spacial score (nSPS) is 11.1. The summed E-state index contributed by atoms with van der Waals surface area (Å²) in [5.74, 6) is 0.241. The summed E-state index contributed by atoms with van der Waals surface area (Å²) in [4.78, 5) is 25.2. The van der Waals surface area contributed by atoms with Gasteiger partial charge in [-0.3, -0.25) is 0 Å². The van der Waals surface area contributed by atoms with Crippen LogP contribution in [-0.4, -0.2) is 11.9 Å². The van der Waals surface area contributed by atoms with E-state index in [-0.39, 0.29) is 0 Å². The molecule has 4 nitrogen and oxygen atoms in total. The van der Waals surface area contributed by atoms with Gasteiger partial charge in [-0.15, -0.1) is 11.3 Å². The SMILES string of the molecule is C/C=C/C(=O)Oc1ccc(-c2ccc(-c3ccc(OC(=O)/C=C/C)cc3)s2)cc1. The molecule has 0 aliphatic rings. The van der Waals surface area contributed by atoms with Crippen molar-refractivity contribution in [2.24, 2.45) is 0 Å². The molecule has 146 valence electrons. The number of esters is 2. The summed E-state index contributed by atoms with van der Waals surface area (Å²) in [6.45, 7) is 3.53. The van der Waals surface area contributed by atoms with Crippen LogP contribution in [0.2, 0.25) is 0 Å². The number of benzene rings is 2. The maximum atomic E-state index is 11.5. The van der Waals surface area contributed by atoms with Gasteiger partial charge in [-0.05, 0) is 85.6 Å². The van der Waals surface area contributed by atoms with Crippen molar-refractivity contribution in [3.8, 4) is 32.4 Å². The smallest absolute Gasteiger partial charge is 0.335 e. The van der Waals surface area contributed by atoms with Gasteiger partial charge in [-0.2, -0.15) is 0 Å². The van der Waals surface area contributed by atoms with Gasteiger partial charge >= 0.3 is 11.9 Å². The van der Waals surface area contributed by atoms with E-state index in [1.54, 1.807) is 61.6 Å². The van der Waals surface area contributed by atoms with Crippen molar-refractivity contribution in [3.63, 3.8) is 0 Å². The fourth-order valence-corrected chi connectivity index (χ4v) is 3.61. The predicted molar refractivity (Wildman–Crippen MR) is 116 cm³/mol. The Morgan fingerprint density at radius 2 is 1.03 bits per heavy atom. The Bertz CT molecular complexity index is 957. The number of thiophene rings is 1. The van der Waals surface area contributed by atoms with Crippen LogP contribution in [0.5, 0.6) is 11.5 Å². The lowest BCUT2D eigenvalue weighted by Crippen LogP contribution is -2.03. The first-order chi connectivity index (χ1) is 14.1. The standard InChI is InChI=1S/C24H20O4S/c1-3-5-23(25)27-19-11-7-17(8-12-19)21-15-16-22(29-21)18-9-13-20(14-10-18)28-24(26)6-4-2/h3-16H,1-2H3/b5-3+,6-4+. The summed E-state index contributed by atoms with van der Waals surface area (Å²) < 4.78 is 10.4. The topological polar surface area (TPSA) is 52.6 Å². The molecular weight excluding hydrogens is 384 g/mol. The van der Waals surface area contributed by atoms with E-state index in [4.69, 9.17) is 9.47 Å². The number of allylic oxidation sites excluding steroid dienone is 2. The lowest BCUT2D eigenvalue weighted by atomic mass is 10.1. The third-order valence-electron chi connectivity index (χ3n) is 3.93. The van der Waals surface area contributed by atoms with Gasteiger partial charge in [-0.1, -0.05) is 12.2 Å². The minimum absolute atomic E-state index is 0.390. The molecule has 0 saturated heterocycles. The molecule has 0 saturated carbocycles. The number of hydrogen-bond donors (Lipinski definition) is 0. The van der Waals surface area contributed by atoms with Crippen molar-refractivity contribution in [2.75, 3.05) is 0 Å². The number of rotatable bonds is 6. The van der Waals surface area contributed by atoms with Crippen LogP contribution in [0.1, 0.15) is 13.8 Å². The van der Waals surface area contributed by atoms with E-state index in [1.807, 2.05) is 24.3 Å². The summed E-state index contributed by atoms with van der Waals surface area (Å²) in [6.07, 6.45) is 6.05. The Hall–Kier alpha value is -3.44. The van der Waals surface area contributed by atoms with E-state index in [2.05, 4.69) is 12.1 Å². The van der Waals surface area contributed by atoms with E-state index in [0.29, 0.717) is 11.5 Å². The first-order valence-corrected chi connectivity index (χ1v) is 9.90. The van der Waals surface area contributed by atoms with Gasteiger partial charge in [0.2, 0.25) is 0 Å². The summed E-state index contributed by atoms with van der Waals surface area (Å²) in [5, 5.41) is 0. The van der Waals surface area contributed by atoms with Gasteiger partial charge in [0.05, 0.1) is 0 Å². The number of ether oxygens (including phenoxy) is 2. The molecule has 1 aromatic heterocycles. The van der Waals surface area contributed by atoms with Crippen LogP contribution in [0.3, 0.4) is 0 Å². The van der Waals surface area contributed by atoms with Crippen molar-refractivity contribution >= 4 is 23.3 Å². The van der Waals surface area contributed by atoms with Crippen molar-refractivity contribution < 1.29 is 19.1 Å². The minimum atomic E-state index is -0.390. The highest BCUT2D eigenvalue weighted by atomic mass is 32.1. The first kappa shape index (κ1) is 20.3. The molecule has 3 aromatic rings. The average Bonchev–Trinajstić information content (AvgIpc) is 3.20. The molecule has 0 spiro atoms. The maximum absolute atomic E-state index is 11.5. The van der Waals surface area contributed by atoms with Crippen LogP contribution < -0.4 is 9.47 Å². The fraction of sp³-hybridized carbons (Fsp3) is 0.0833. The van der Waals surface area contributed by atoms with Crippen LogP contribution in [0, 0.1) is 0 Å². The lowest BCUT2D eigenvalue weighted by molar-refractivity contribution is -0.129. The quantitative estimate of drug-likeness (QED) is 0.285. The summed E-state index contributed by atoms with van der Waals surface area (Å²) in [6, 6.07) is 19.0. The molecule has 0 amide bonds. The van der Waals surface area contributed by atoms with Crippen molar-refractivity contribution in [2.45, 2.75) is 13.8 Å². The molecular formula is C24H20O4S. The second-order valence-corrected chi connectivity index (χ2v) is 7.14. The summed E-state index contributed by atoms with van der Waals surface area (Å²) in [7, 11) is 0. The summed E-state index contributed by atoms with van der Waals surface area (Å²) >= 11 is 1.66. The van der Waals surface area contributed by atoms with E-state index >= 15 is 0 Å². The molecule has 3 rings (SSSR count). The van der Waals surface area contributed by atoms with E-state index < -0.39 is 11.9 Å². The molecule has 0 atom stereocenters. The zero-order chi connectivity index (χ0) is 20.6. The monoisotopic (exact) mass is 404 g/mol. The van der Waals surface area contributed by atoms with Gasteiger partial charge in [-0.25, -0.2) is 9.59 Å². The highest BCUT2D eigenvalue weighted by molar-refractivity contribution is 7.18. The third kappa shape index (κ3) is 5.53. The molecule has 0 radical (unpaired) electrons. The van der Waals surface area contributed by atoms with Gasteiger partial charge in [0, 0.05) is 21.9 Å². The largest absolute Gasteiger partial charge is 0.423 e.